The number of esters is 1. The molecule has 1 aliphatic heterocycles. The minimum Gasteiger partial charge on any atom is -0.457 e. The molecule has 1 heterocycles. The molecule has 2 aromatic carbocycles. The van der Waals surface area contributed by atoms with Gasteiger partial charge in [-0.05, 0) is 35.9 Å². The van der Waals surface area contributed by atoms with Crippen molar-refractivity contribution in [1.29, 1.82) is 0 Å². The van der Waals surface area contributed by atoms with Crippen LogP contribution < -0.4 is 9.47 Å². The maximum Gasteiger partial charge on any atom is 0.338 e. The highest BCUT2D eigenvalue weighted by Gasteiger charge is 2.16. The van der Waals surface area contributed by atoms with Gasteiger partial charge in [0.15, 0.2) is 11.5 Å². The zero-order valence-corrected chi connectivity index (χ0v) is 10.5. The van der Waals surface area contributed by atoms with Crippen LogP contribution in [-0.4, -0.2) is 12.8 Å². The lowest BCUT2D eigenvalue weighted by atomic mass is 10.2. The lowest BCUT2D eigenvalue weighted by Crippen LogP contribution is -2.05. The average molecular weight is 274 g/mol. The van der Waals surface area contributed by atoms with Crippen molar-refractivity contribution in [3.05, 3.63) is 59.4 Å². The van der Waals surface area contributed by atoms with Crippen molar-refractivity contribution in [1.82, 2.24) is 0 Å². The molecule has 0 bridgehead atoms. The third kappa shape index (κ3) is 2.56. The highest BCUT2D eigenvalue weighted by Crippen LogP contribution is 2.32. The predicted molar refractivity (Wildman–Crippen MR) is 68.1 cm³/mol. The van der Waals surface area contributed by atoms with E-state index in [0.717, 1.165) is 0 Å². The monoisotopic (exact) mass is 274 g/mol. The molecule has 102 valence electrons. The van der Waals surface area contributed by atoms with Crippen LogP contribution >= 0.6 is 0 Å². The molecule has 0 atom stereocenters. The first-order valence-electron chi connectivity index (χ1n) is 6.03. The maximum atomic E-state index is 13.0. The molecular weight excluding hydrogens is 263 g/mol. The zero-order valence-electron chi connectivity index (χ0n) is 10.5. The number of carbonyl (C=O) groups excluding carboxylic acids is 1. The molecule has 0 N–H and O–H groups in total. The van der Waals surface area contributed by atoms with E-state index in [1.807, 2.05) is 0 Å². The predicted octanol–water partition coefficient (Wildman–Crippen LogP) is 2.91. The number of fused-ring (bicyclic) bond motifs is 1. The summed E-state index contributed by atoms with van der Waals surface area (Å²) in [6.07, 6.45) is 0. The number of rotatable bonds is 3. The number of carbonyl (C=O) groups is 1. The first kappa shape index (κ1) is 12.5. The molecule has 2 aromatic rings. The summed E-state index contributed by atoms with van der Waals surface area (Å²) in [5.74, 6) is 0.270. The maximum absolute atomic E-state index is 13.0. The molecule has 1 aliphatic rings. The Morgan fingerprint density at radius 3 is 2.85 bits per heavy atom. The second kappa shape index (κ2) is 5.21. The van der Waals surface area contributed by atoms with Crippen LogP contribution in [0.25, 0.3) is 0 Å². The molecule has 0 unspecified atom stereocenters. The van der Waals surface area contributed by atoms with Crippen molar-refractivity contribution in [2.75, 3.05) is 6.79 Å². The minimum absolute atomic E-state index is 0.0189. The van der Waals surface area contributed by atoms with Crippen LogP contribution in [0.1, 0.15) is 15.9 Å². The summed E-state index contributed by atoms with van der Waals surface area (Å²) >= 11 is 0. The Morgan fingerprint density at radius 2 is 2.00 bits per heavy atom. The average Bonchev–Trinajstić information content (AvgIpc) is 2.92. The van der Waals surface area contributed by atoms with E-state index in [-0.39, 0.29) is 19.2 Å². The van der Waals surface area contributed by atoms with Gasteiger partial charge in [0.1, 0.15) is 12.4 Å². The van der Waals surface area contributed by atoms with Gasteiger partial charge in [-0.3, -0.25) is 0 Å². The van der Waals surface area contributed by atoms with E-state index >= 15 is 0 Å². The summed E-state index contributed by atoms with van der Waals surface area (Å²) in [4.78, 5) is 11.9. The van der Waals surface area contributed by atoms with Crippen LogP contribution in [0.5, 0.6) is 11.5 Å². The standard InChI is InChI=1S/C15H11FO4/c16-12-3-1-2-10(6-12)8-18-15(17)11-4-5-13-14(7-11)20-9-19-13/h1-7H,8-9H2. The summed E-state index contributed by atoms with van der Waals surface area (Å²) in [5.41, 5.74) is 0.963. The van der Waals surface area contributed by atoms with Crippen molar-refractivity contribution in [3.63, 3.8) is 0 Å². The van der Waals surface area contributed by atoms with Gasteiger partial charge in [0.2, 0.25) is 6.79 Å². The van der Waals surface area contributed by atoms with Crippen molar-refractivity contribution in [3.8, 4) is 11.5 Å². The van der Waals surface area contributed by atoms with E-state index in [0.29, 0.717) is 22.6 Å². The number of hydrogen-bond donors (Lipinski definition) is 0. The summed E-state index contributed by atoms with van der Waals surface area (Å²) < 4.78 is 28.5. The Balaban J connectivity index is 1.67. The van der Waals surface area contributed by atoms with Gasteiger partial charge in [-0.25, -0.2) is 9.18 Å². The quantitative estimate of drug-likeness (QED) is 0.807. The van der Waals surface area contributed by atoms with Crippen molar-refractivity contribution < 1.29 is 23.4 Å². The number of benzene rings is 2. The van der Waals surface area contributed by atoms with Gasteiger partial charge in [0.25, 0.3) is 0 Å². The summed E-state index contributed by atoms with van der Waals surface area (Å²) in [5, 5.41) is 0. The number of hydrogen-bond acceptors (Lipinski definition) is 4. The van der Waals surface area contributed by atoms with Gasteiger partial charge in [0, 0.05) is 0 Å². The normalized spacial score (nSPS) is 12.2. The lowest BCUT2D eigenvalue weighted by molar-refractivity contribution is 0.0472. The van der Waals surface area contributed by atoms with Gasteiger partial charge in [-0.15, -0.1) is 0 Å². The Kier molecular flexibility index (Phi) is 3.25. The smallest absolute Gasteiger partial charge is 0.338 e. The minimum atomic E-state index is -0.493. The largest absolute Gasteiger partial charge is 0.457 e. The molecule has 0 aliphatic carbocycles. The van der Waals surface area contributed by atoms with Crippen LogP contribution in [0, 0.1) is 5.82 Å². The molecule has 0 fully saturated rings. The van der Waals surface area contributed by atoms with E-state index in [4.69, 9.17) is 14.2 Å². The number of ether oxygens (including phenoxy) is 3. The molecular formula is C15H11FO4. The molecule has 5 heteroatoms. The summed E-state index contributed by atoms with van der Waals surface area (Å²) in [7, 11) is 0. The van der Waals surface area contributed by atoms with Crippen molar-refractivity contribution in [2.45, 2.75) is 6.61 Å². The molecule has 0 spiro atoms. The van der Waals surface area contributed by atoms with E-state index in [1.165, 1.54) is 12.1 Å². The summed E-state index contributed by atoms with van der Waals surface area (Å²) in [6.45, 7) is 0.169. The third-order valence-electron chi connectivity index (χ3n) is 2.87. The fraction of sp³-hybridized carbons (Fsp3) is 0.133. The first-order chi connectivity index (χ1) is 9.72. The first-order valence-corrected chi connectivity index (χ1v) is 6.03. The Bertz CT molecular complexity index is 654. The molecule has 0 radical (unpaired) electrons. The zero-order chi connectivity index (χ0) is 13.9. The van der Waals surface area contributed by atoms with Crippen LogP contribution in [0.2, 0.25) is 0 Å². The summed E-state index contributed by atoms with van der Waals surface area (Å²) in [6, 6.07) is 10.7. The molecule has 0 amide bonds. The Morgan fingerprint density at radius 1 is 1.15 bits per heavy atom. The van der Waals surface area contributed by atoms with Crippen molar-refractivity contribution >= 4 is 5.97 Å². The second-order valence-electron chi connectivity index (χ2n) is 4.27. The van der Waals surface area contributed by atoms with Crippen LogP contribution in [0.4, 0.5) is 4.39 Å². The lowest BCUT2D eigenvalue weighted by Gasteiger charge is -2.05. The van der Waals surface area contributed by atoms with Gasteiger partial charge in [0.05, 0.1) is 5.56 Å². The Labute approximate surface area is 114 Å². The van der Waals surface area contributed by atoms with Gasteiger partial charge in [-0.2, -0.15) is 0 Å². The highest BCUT2D eigenvalue weighted by atomic mass is 19.1. The second-order valence-corrected chi connectivity index (χ2v) is 4.27. The van der Waals surface area contributed by atoms with Gasteiger partial charge >= 0.3 is 5.97 Å². The van der Waals surface area contributed by atoms with Crippen molar-refractivity contribution in [2.24, 2.45) is 0 Å². The molecule has 4 nitrogen and oxygen atoms in total. The topological polar surface area (TPSA) is 44.8 Å². The van der Waals surface area contributed by atoms with E-state index in [9.17, 15) is 9.18 Å². The van der Waals surface area contributed by atoms with Gasteiger partial charge < -0.3 is 14.2 Å². The Hall–Kier alpha value is -2.56. The molecule has 0 aromatic heterocycles. The van der Waals surface area contributed by atoms with E-state index in [1.54, 1.807) is 30.3 Å². The van der Waals surface area contributed by atoms with Crippen LogP contribution in [0.15, 0.2) is 42.5 Å². The molecule has 0 saturated carbocycles. The highest BCUT2D eigenvalue weighted by molar-refractivity contribution is 5.90. The molecule has 3 rings (SSSR count). The fourth-order valence-corrected chi connectivity index (χ4v) is 1.88. The van der Waals surface area contributed by atoms with E-state index in [2.05, 4.69) is 0 Å². The van der Waals surface area contributed by atoms with Crippen LogP contribution in [0.3, 0.4) is 0 Å². The SMILES string of the molecule is O=C(OCc1cccc(F)c1)c1ccc2c(c1)OCO2. The molecule has 20 heavy (non-hydrogen) atoms. The fourth-order valence-electron chi connectivity index (χ4n) is 1.88. The third-order valence-corrected chi connectivity index (χ3v) is 2.87. The number of halogens is 1. The van der Waals surface area contributed by atoms with E-state index < -0.39 is 5.97 Å². The van der Waals surface area contributed by atoms with Gasteiger partial charge in [-0.1, -0.05) is 12.1 Å². The molecule has 0 saturated heterocycles. The van der Waals surface area contributed by atoms with Crippen LogP contribution in [-0.2, 0) is 11.3 Å².